The third kappa shape index (κ3) is 2.72. The van der Waals surface area contributed by atoms with Crippen LogP contribution in [0.3, 0.4) is 0 Å². The average molecular weight is 328 g/mol. The number of hydrogen-bond donors (Lipinski definition) is 0. The standard InChI is InChI=1S/C17H16N2O5/c1-21-12-6-4-11(5-7-12)14-8-17(10-19,16(20)23-3)13(9-18)15(22-2)24-14/h4-7,14H,8H2,1-3H3. The molecule has 0 amide bonds. The summed E-state index contributed by atoms with van der Waals surface area (Å²) in [6.45, 7) is 0. The van der Waals surface area contributed by atoms with E-state index in [-0.39, 0.29) is 17.9 Å². The zero-order chi connectivity index (χ0) is 17.7. The fourth-order valence-electron chi connectivity index (χ4n) is 2.59. The highest BCUT2D eigenvalue weighted by Gasteiger charge is 2.53. The first-order valence-electron chi connectivity index (χ1n) is 7.05. The van der Waals surface area contributed by atoms with E-state index in [1.54, 1.807) is 31.4 Å². The molecule has 0 aliphatic carbocycles. The van der Waals surface area contributed by atoms with E-state index in [4.69, 9.17) is 18.9 Å². The maximum absolute atomic E-state index is 12.3. The number of carbonyl (C=O) groups is 1. The summed E-state index contributed by atoms with van der Waals surface area (Å²) in [6, 6.07) is 10.7. The molecule has 0 fully saturated rings. The zero-order valence-electron chi connectivity index (χ0n) is 13.5. The number of benzene rings is 1. The Hall–Kier alpha value is -3.19. The largest absolute Gasteiger partial charge is 0.497 e. The Labute approximate surface area is 139 Å². The van der Waals surface area contributed by atoms with Gasteiger partial charge in [-0.25, -0.2) is 4.79 Å². The summed E-state index contributed by atoms with van der Waals surface area (Å²) >= 11 is 0. The molecular formula is C17H16N2O5. The summed E-state index contributed by atoms with van der Waals surface area (Å²) in [7, 11) is 4.03. The number of nitriles is 2. The lowest BCUT2D eigenvalue weighted by Crippen LogP contribution is -2.39. The third-order valence-corrected chi connectivity index (χ3v) is 3.88. The highest BCUT2D eigenvalue weighted by Crippen LogP contribution is 2.46. The molecule has 1 aromatic carbocycles. The molecular weight excluding hydrogens is 312 g/mol. The summed E-state index contributed by atoms with van der Waals surface area (Å²) in [4.78, 5) is 12.3. The van der Waals surface area contributed by atoms with Crippen LogP contribution in [0.2, 0.25) is 0 Å². The van der Waals surface area contributed by atoms with Crippen molar-refractivity contribution in [1.29, 1.82) is 10.5 Å². The monoisotopic (exact) mass is 328 g/mol. The van der Waals surface area contributed by atoms with Gasteiger partial charge in [0.25, 0.3) is 5.95 Å². The van der Waals surface area contributed by atoms with E-state index >= 15 is 0 Å². The smallest absolute Gasteiger partial charge is 0.332 e. The van der Waals surface area contributed by atoms with Crippen molar-refractivity contribution in [2.45, 2.75) is 12.5 Å². The normalized spacial score (nSPS) is 22.6. The number of carbonyl (C=O) groups excluding carboxylic acids is 1. The van der Waals surface area contributed by atoms with Crippen molar-refractivity contribution < 1.29 is 23.7 Å². The van der Waals surface area contributed by atoms with Gasteiger partial charge in [0.1, 0.15) is 23.5 Å². The first-order chi connectivity index (χ1) is 11.6. The van der Waals surface area contributed by atoms with Crippen LogP contribution in [-0.4, -0.2) is 27.3 Å². The van der Waals surface area contributed by atoms with Crippen LogP contribution in [0.5, 0.6) is 5.75 Å². The molecule has 1 aliphatic rings. The van der Waals surface area contributed by atoms with Crippen molar-refractivity contribution in [1.82, 2.24) is 0 Å². The quantitative estimate of drug-likeness (QED) is 0.781. The van der Waals surface area contributed by atoms with E-state index in [0.717, 1.165) is 0 Å². The Balaban J connectivity index is 2.53. The Morgan fingerprint density at radius 3 is 2.33 bits per heavy atom. The van der Waals surface area contributed by atoms with E-state index in [2.05, 4.69) is 0 Å². The predicted octanol–water partition coefficient (Wildman–Crippen LogP) is 2.22. The minimum Gasteiger partial charge on any atom is -0.497 e. The molecule has 7 heteroatoms. The van der Waals surface area contributed by atoms with E-state index in [0.29, 0.717) is 11.3 Å². The van der Waals surface area contributed by atoms with Crippen molar-refractivity contribution in [3.05, 3.63) is 41.3 Å². The van der Waals surface area contributed by atoms with E-state index < -0.39 is 17.5 Å². The molecule has 0 N–H and O–H groups in total. The number of esters is 1. The molecule has 0 spiro atoms. The van der Waals surface area contributed by atoms with Gasteiger partial charge < -0.3 is 18.9 Å². The Kier molecular flexibility index (Phi) is 4.96. The van der Waals surface area contributed by atoms with Crippen LogP contribution in [0.1, 0.15) is 18.1 Å². The summed E-state index contributed by atoms with van der Waals surface area (Å²) in [5.74, 6) is -0.316. The van der Waals surface area contributed by atoms with Gasteiger partial charge in [-0.05, 0) is 17.7 Å². The number of methoxy groups -OCH3 is 3. The van der Waals surface area contributed by atoms with Gasteiger partial charge in [-0.3, -0.25) is 0 Å². The Bertz CT molecular complexity index is 742. The van der Waals surface area contributed by atoms with Crippen LogP contribution in [0.25, 0.3) is 0 Å². The fraction of sp³-hybridized carbons (Fsp3) is 0.353. The lowest BCUT2D eigenvalue weighted by Gasteiger charge is -2.34. The van der Waals surface area contributed by atoms with E-state index in [9.17, 15) is 15.3 Å². The molecule has 7 nitrogen and oxygen atoms in total. The maximum atomic E-state index is 12.3. The van der Waals surface area contributed by atoms with Crippen molar-refractivity contribution >= 4 is 5.97 Å². The second-order valence-corrected chi connectivity index (χ2v) is 5.07. The molecule has 0 saturated carbocycles. The van der Waals surface area contributed by atoms with Crippen molar-refractivity contribution in [2.24, 2.45) is 5.41 Å². The molecule has 0 bridgehead atoms. The second kappa shape index (κ2) is 6.93. The lowest BCUT2D eigenvalue weighted by atomic mass is 9.75. The highest BCUT2D eigenvalue weighted by atomic mass is 16.7. The number of hydrogen-bond acceptors (Lipinski definition) is 7. The van der Waals surface area contributed by atoms with Gasteiger partial charge in [0.2, 0.25) is 0 Å². The van der Waals surface area contributed by atoms with E-state index in [1.807, 2.05) is 12.1 Å². The summed E-state index contributed by atoms with van der Waals surface area (Å²) < 4.78 is 20.6. The van der Waals surface area contributed by atoms with Crippen molar-refractivity contribution in [3.63, 3.8) is 0 Å². The molecule has 0 aromatic heterocycles. The van der Waals surface area contributed by atoms with Gasteiger partial charge in [-0.15, -0.1) is 0 Å². The van der Waals surface area contributed by atoms with Crippen molar-refractivity contribution in [2.75, 3.05) is 21.3 Å². The van der Waals surface area contributed by atoms with E-state index in [1.165, 1.54) is 14.2 Å². The van der Waals surface area contributed by atoms with Gasteiger partial charge in [0.15, 0.2) is 5.41 Å². The molecule has 124 valence electrons. The van der Waals surface area contributed by atoms with Crippen LogP contribution < -0.4 is 4.74 Å². The Morgan fingerprint density at radius 1 is 1.21 bits per heavy atom. The first-order valence-corrected chi connectivity index (χ1v) is 7.05. The van der Waals surface area contributed by atoms with Crippen molar-refractivity contribution in [3.8, 4) is 17.9 Å². The molecule has 0 radical (unpaired) electrons. The predicted molar refractivity (Wildman–Crippen MR) is 81.1 cm³/mol. The van der Waals surface area contributed by atoms with Gasteiger partial charge in [-0.1, -0.05) is 12.1 Å². The van der Waals surface area contributed by atoms with Gasteiger partial charge in [0, 0.05) is 6.42 Å². The highest BCUT2D eigenvalue weighted by molar-refractivity contribution is 5.85. The van der Waals surface area contributed by atoms with Crippen LogP contribution in [0, 0.1) is 28.1 Å². The second-order valence-electron chi connectivity index (χ2n) is 5.07. The SMILES string of the molecule is COC(=O)C1(C#N)CC(c2ccc(OC)cc2)OC(OC)=C1C#N. The third-order valence-electron chi connectivity index (χ3n) is 3.88. The van der Waals surface area contributed by atoms with Crippen LogP contribution in [0.15, 0.2) is 35.8 Å². The zero-order valence-corrected chi connectivity index (χ0v) is 13.5. The Morgan fingerprint density at radius 2 is 1.88 bits per heavy atom. The van der Waals surface area contributed by atoms with Crippen LogP contribution >= 0.6 is 0 Å². The molecule has 0 saturated heterocycles. The minimum absolute atomic E-state index is 0.0573. The van der Waals surface area contributed by atoms with Gasteiger partial charge >= 0.3 is 5.97 Å². The first kappa shape index (κ1) is 17.2. The average Bonchev–Trinajstić information content (AvgIpc) is 2.65. The lowest BCUT2D eigenvalue weighted by molar-refractivity contribution is -0.151. The molecule has 2 atom stereocenters. The van der Waals surface area contributed by atoms with Crippen LogP contribution in [0.4, 0.5) is 0 Å². The molecule has 1 heterocycles. The fourth-order valence-corrected chi connectivity index (χ4v) is 2.59. The maximum Gasteiger partial charge on any atom is 0.332 e. The number of rotatable bonds is 4. The molecule has 24 heavy (non-hydrogen) atoms. The molecule has 2 rings (SSSR count). The summed E-state index contributed by atoms with van der Waals surface area (Å²) in [6.07, 6.45) is -0.708. The number of nitrogens with zero attached hydrogens (tertiary/aromatic N) is 2. The summed E-state index contributed by atoms with van der Waals surface area (Å²) in [5, 5.41) is 19.0. The summed E-state index contributed by atoms with van der Waals surface area (Å²) in [5.41, 5.74) is -1.26. The molecule has 1 aliphatic heterocycles. The topological polar surface area (TPSA) is 102 Å². The number of ether oxygens (including phenoxy) is 4. The molecule has 2 unspecified atom stereocenters. The minimum atomic E-state index is -1.78. The van der Waals surface area contributed by atoms with Gasteiger partial charge in [0.05, 0.1) is 27.4 Å². The van der Waals surface area contributed by atoms with Gasteiger partial charge in [-0.2, -0.15) is 10.5 Å². The molecule has 1 aromatic rings. The van der Waals surface area contributed by atoms with Crippen LogP contribution in [-0.2, 0) is 19.0 Å².